The Labute approximate surface area is 173 Å². The van der Waals surface area contributed by atoms with E-state index in [-0.39, 0.29) is 30.2 Å². The molecule has 0 bridgehead atoms. The number of ether oxygens (including phenoxy) is 1. The summed E-state index contributed by atoms with van der Waals surface area (Å²) in [6.45, 7) is 0.218. The molecule has 4 rings (SSSR count). The van der Waals surface area contributed by atoms with Gasteiger partial charge in [-0.1, -0.05) is 78.6 Å². The predicted molar refractivity (Wildman–Crippen MR) is 111 cm³/mol. The van der Waals surface area contributed by atoms with Crippen molar-refractivity contribution in [3.8, 4) is 23.0 Å². The lowest BCUT2D eigenvalue weighted by Crippen LogP contribution is -2.26. The van der Waals surface area contributed by atoms with Crippen molar-refractivity contribution in [1.82, 2.24) is 5.32 Å². The van der Waals surface area contributed by atoms with Crippen LogP contribution >= 0.6 is 0 Å². The number of alkyl carbamates (subject to hydrolysis) is 1. The molecule has 1 aliphatic carbocycles. The van der Waals surface area contributed by atoms with Gasteiger partial charge in [0.1, 0.15) is 6.61 Å². The van der Waals surface area contributed by atoms with Crippen molar-refractivity contribution in [3.63, 3.8) is 0 Å². The monoisotopic (exact) mass is 403 g/mol. The third-order valence-corrected chi connectivity index (χ3v) is 5.08. The maximum atomic E-state index is 13.0. The molecule has 3 nitrogen and oxygen atoms in total. The molecule has 0 atom stereocenters. The number of fused-ring (bicyclic) bond motifs is 3. The van der Waals surface area contributed by atoms with E-state index in [0.29, 0.717) is 0 Å². The Hall–Kier alpha value is -3.65. The molecule has 30 heavy (non-hydrogen) atoms. The van der Waals surface area contributed by atoms with Crippen molar-refractivity contribution in [3.05, 3.63) is 95.1 Å². The predicted octanol–water partition coefficient (Wildman–Crippen LogP) is 5.51. The molecule has 5 heteroatoms. The molecule has 0 saturated carbocycles. The molecule has 0 aromatic heterocycles. The van der Waals surface area contributed by atoms with Crippen LogP contribution in [0, 0.1) is 11.8 Å². The van der Waals surface area contributed by atoms with E-state index in [2.05, 4.69) is 29.3 Å². The summed E-state index contributed by atoms with van der Waals surface area (Å²) in [4.78, 5) is 12.1. The highest BCUT2D eigenvalue weighted by Gasteiger charge is 2.28. The summed E-state index contributed by atoms with van der Waals surface area (Å²) < 4.78 is 31.3. The maximum absolute atomic E-state index is 13.0. The van der Waals surface area contributed by atoms with Gasteiger partial charge in [0.15, 0.2) is 0 Å². The van der Waals surface area contributed by atoms with Gasteiger partial charge in [-0.2, -0.15) is 0 Å². The molecular formula is C25H19F2NO2. The third-order valence-electron chi connectivity index (χ3n) is 5.08. The minimum Gasteiger partial charge on any atom is -0.449 e. The average molecular weight is 403 g/mol. The first-order valence-electron chi connectivity index (χ1n) is 9.60. The van der Waals surface area contributed by atoms with Crippen molar-refractivity contribution >= 4 is 6.09 Å². The van der Waals surface area contributed by atoms with E-state index in [0.717, 1.165) is 22.3 Å². The molecule has 0 heterocycles. The summed E-state index contributed by atoms with van der Waals surface area (Å²) in [5, 5.41) is 2.55. The largest absolute Gasteiger partial charge is 0.449 e. The normalized spacial score (nSPS) is 12.0. The molecule has 150 valence electrons. The Balaban J connectivity index is 1.36. The topological polar surface area (TPSA) is 38.3 Å². The minimum absolute atomic E-state index is 0.00818. The first-order chi connectivity index (χ1) is 14.6. The van der Waals surface area contributed by atoms with Crippen LogP contribution in [0.5, 0.6) is 0 Å². The number of halogens is 2. The molecule has 0 spiro atoms. The van der Waals surface area contributed by atoms with Gasteiger partial charge in [0.25, 0.3) is 6.43 Å². The van der Waals surface area contributed by atoms with E-state index in [1.807, 2.05) is 36.4 Å². The second-order valence-electron chi connectivity index (χ2n) is 6.87. The zero-order valence-electron chi connectivity index (χ0n) is 16.1. The van der Waals surface area contributed by atoms with Crippen LogP contribution in [-0.4, -0.2) is 19.2 Å². The first kappa shape index (κ1) is 19.7. The fourth-order valence-corrected chi connectivity index (χ4v) is 3.71. The molecule has 0 unspecified atom stereocenters. The highest BCUT2D eigenvalue weighted by atomic mass is 19.3. The van der Waals surface area contributed by atoms with Crippen LogP contribution in [0.3, 0.4) is 0 Å². The number of rotatable bonds is 4. The van der Waals surface area contributed by atoms with E-state index >= 15 is 0 Å². The lowest BCUT2D eigenvalue weighted by atomic mass is 9.98. The Morgan fingerprint density at radius 1 is 0.933 bits per heavy atom. The standard InChI is InChI=1S/C25H19F2NO2/c26-24(27)18-10-2-1-8-17(18)9-7-15-28-25(29)30-16-23-21-13-5-3-11-19(21)20-12-4-6-14-22(20)23/h1-6,8,10-14,23-24H,15-16H2,(H,28,29). The van der Waals surface area contributed by atoms with Crippen LogP contribution < -0.4 is 5.32 Å². The number of carbonyl (C=O) groups is 1. The molecule has 3 aromatic carbocycles. The lowest BCUT2D eigenvalue weighted by Gasteiger charge is -2.14. The number of alkyl halides is 2. The van der Waals surface area contributed by atoms with Gasteiger partial charge in [-0.05, 0) is 28.3 Å². The number of benzene rings is 3. The minimum atomic E-state index is -2.59. The van der Waals surface area contributed by atoms with Crippen LogP contribution in [0.25, 0.3) is 11.1 Å². The van der Waals surface area contributed by atoms with E-state index in [1.165, 1.54) is 12.1 Å². The van der Waals surface area contributed by atoms with E-state index in [4.69, 9.17) is 4.74 Å². The number of hydrogen-bond donors (Lipinski definition) is 1. The number of hydrogen-bond acceptors (Lipinski definition) is 2. The van der Waals surface area contributed by atoms with Gasteiger partial charge in [0.2, 0.25) is 0 Å². The quantitative estimate of drug-likeness (QED) is 0.583. The zero-order valence-corrected chi connectivity index (χ0v) is 16.1. The summed E-state index contributed by atoms with van der Waals surface area (Å²) in [7, 11) is 0. The fraction of sp³-hybridized carbons (Fsp3) is 0.160. The number of nitrogens with one attached hydrogen (secondary N) is 1. The Morgan fingerprint density at radius 3 is 2.20 bits per heavy atom. The second-order valence-corrected chi connectivity index (χ2v) is 6.87. The van der Waals surface area contributed by atoms with Crippen LogP contribution in [0.4, 0.5) is 13.6 Å². The smallest absolute Gasteiger partial charge is 0.407 e. The van der Waals surface area contributed by atoms with Gasteiger partial charge >= 0.3 is 6.09 Å². The summed E-state index contributed by atoms with van der Waals surface area (Å²) in [6, 6.07) is 22.2. The Kier molecular flexibility index (Phi) is 5.76. The highest BCUT2D eigenvalue weighted by molar-refractivity contribution is 5.79. The third kappa shape index (κ3) is 4.04. The van der Waals surface area contributed by atoms with Gasteiger partial charge < -0.3 is 10.1 Å². The van der Waals surface area contributed by atoms with Crippen LogP contribution in [-0.2, 0) is 4.74 Å². The summed E-state index contributed by atoms with van der Waals surface area (Å²) >= 11 is 0. The highest BCUT2D eigenvalue weighted by Crippen LogP contribution is 2.44. The van der Waals surface area contributed by atoms with Crippen LogP contribution in [0.15, 0.2) is 72.8 Å². The SMILES string of the molecule is O=C(NCC#Cc1ccccc1C(F)F)OCC1c2ccccc2-c2ccccc21. The molecular weight excluding hydrogens is 384 g/mol. The van der Waals surface area contributed by atoms with Crippen molar-refractivity contribution in [1.29, 1.82) is 0 Å². The lowest BCUT2D eigenvalue weighted by molar-refractivity contribution is 0.144. The molecule has 0 saturated heterocycles. The van der Waals surface area contributed by atoms with Crippen LogP contribution in [0.2, 0.25) is 0 Å². The van der Waals surface area contributed by atoms with Gasteiger partial charge in [-0.25, -0.2) is 13.6 Å². The molecule has 1 aliphatic rings. The number of carbonyl (C=O) groups excluding carboxylic acids is 1. The number of amides is 1. The zero-order chi connectivity index (χ0) is 20.9. The second kappa shape index (κ2) is 8.79. The molecule has 1 N–H and O–H groups in total. The van der Waals surface area contributed by atoms with Gasteiger partial charge in [0, 0.05) is 17.0 Å². The molecule has 1 amide bonds. The molecule has 3 aromatic rings. The van der Waals surface area contributed by atoms with Crippen molar-refractivity contribution in [2.45, 2.75) is 12.3 Å². The van der Waals surface area contributed by atoms with Crippen molar-refractivity contribution in [2.75, 3.05) is 13.2 Å². The van der Waals surface area contributed by atoms with Gasteiger partial charge in [-0.15, -0.1) is 0 Å². The maximum Gasteiger partial charge on any atom is 0.407 e. The molecule has 0 fully saturated rings. The van der Waals surface area contributed by atoms with Crippen LogP contribution in [0.1, 0.15) is 34.6 Å². The van der Waals surface area contributed by atoms with E-state index in [9.17, 15) is 13.6 Å². The van der Waals surface area contributed by atoms with E-state index in [1.54, 1.807) is 12.1 Å². The molecule has 0 radical (unpaired) electrons. The average Bonchev–Trinajstić information content (AvgIpc) is 3.09. The fourth-order valence-electron chi connectivity index (χ4n) is 3.71. The van der Waals surface area contributed by atoms with Crippen molar-refractivity contribution in [2.24, 2.45) is 0 Å². The van der Waals surface area contributed by atoms with Gasteiger partial charge in [-0.3, -0.25) is 0 Å². The van der Waals surface area contributed by atoms with Gasteiger partial charge in [0.05, 0.1) is 6.54 Å². The van der Waals surface area contributed by atoms with Crippen molar-refractivity contribution < 1.29 is 18.3 Å². The first-order valence-corrected chi connectivity index (χ1v) is 9.60. The Bertz CT molecular complexity index is 1090. The van der Waals surface area contributed by atoms with E-state index < -0.39 is 12.5 Å². The molecule has 0 aliphatic heterocycles. The summed E-state index contributed by atoms with van der Waals surface area (Å²) in [5.41, 5.74) is 4.72. The summed E-state index contributed by atoms with van der Waals surface area (Å²) in [5.74, 6) is 5.34. The Morgan fingerprint density at radius 2 is 1.53 bits per heavy atom. The summed E-state index contributed by atoms with van der Waals surface area (Å²) in [6.07, 6.45) is -3.18.